The second-order valence-electron chi connectivity index (χ2n) is 5.08. The van der Waals surface area contributed by atoms with E-state index in [1.54, 1.807) is 0 Å². The van der Waals surface area contributed by atoms with Gasteiger partial charge in [-0.1, -0.05) is 0 Å². The first kappa shape index (κ1) is 117. The van der Waals surface area contributed by atoms with Gasteiger partial charge in [-0.15, -0.1) is 0 Å². The Labute approximate surface area is 462 Å². The zero-order valence-corrected chi connectivity index (χ0v) is 54.6. The molecule has 0 atom stereocenters. The van der Waals surface area contributed by atoms with Gasteiger partial charge in [-0.2, -0.15) is 0 Å². The van der Waals surface area contributed by atoms with Crippen molar-refractivity contribution < 1.29 is 343 Å². The van der Waals surface area contributed by atoms with Gasteiger partial charge >= 0.3 is 244 Å². The number of rotatable bonds is 0. The Hall–Kier alpha value is 1.89. The molecule has 0 aromatic rings. The summed E-state index contributed by atoms with van der Waals surface area (Å²) in [6, 6.07) is 0. The Balaban J connectivity index is -0.0000000150. The fraction of sp³-hybridized carbons (Fsp3) is 0.500. The van der Waals surface area contributed by atoms with Crippen LogP contribution < -0.4 is 191 Å². The number of hydrogen-bond donors (Lipinski definition) is 0. The molecule has 0 radical (unpaired) electrons. The summed E-state index contributed by atoms with van der Waals surface area (Å²) in [7, 11) is 0. The number of carbonyl (C=O) groups is 10. The molecule has 0 rings (SSSR count). The molecule has 0 N–H and O–H groups in total. The van der Waals surface area contributed by atoms with E-state index in [1.807, 2.05) is 0 Å². The molecule has 0 unspecified atom stereocenters. The van der Waals surface area contributed by atoms with Gasteiger partial charge in [0.05, 0.1) is 0 Å². The van der Waals surface area contributed by atoms with Crippen LogP contribution in [0.5, 0.6) is 0 Å². The molecule has 0 aliphatic carbocycles. The number of hydrogen-bond acceptors (Lipinski definition) is 24. The molecule has 0 spiro atoms. The first-order chi connectivity index (χ1) is 20.1. The average Bonchev–Trinajstić information content (AvgIpc) is 2.64. The molecule has 0 saturated heterocycles. The maximum absolute atomic E-state index is 8.89. The Morgan fingerprint density at radius 2 is 0.269 bits per heavy atom. The Morgan fingerprint density at radius 3 is 0.269 bits per heavy atom. The van der Waals surface area contributed by atoms with Crippen LogP contribution in [0.2, 0.25) is 0 Å². The molecule has 32 heteroatoms. The van der Waals surface area contributed by atoms with E-state index >= 15 is 0 Å². The number of carbonyl (C=O) groups excluding carboxylic acids is 10. The molecule has 52 heavy (non-hydrogen) atoms. The van der Waals surface area contributed by atoms with Crippen molar-refractivity contribution in [1.82, 2.24) is 0 Å². The van der Waals surface area contributed by atoms with Gasteiger partial charge in [0.25, 0.3) is 0 Å². The van der Waals surface area contributed by atoms with Crippen molar-refractivity contribution in [3.05, 3.63) is 0 Å². The fourth-order valence-corrected chi connectivity index (χ4v) is 0. The van der Waals surface area contributed by atoms with Gasteiger partial charge in [-0.05, 0) is 69.2 Å². The van der Waals surface area contributed by atoms with Crippen molar-refractivity contribution in [2.24, 2.45) is 0 Å². The third kappa shape index (κ3) is 37700. The number of aliphatic carboxylic acids is 10. The molecule has 268 valence electrons. The molecule has 0 aromatic heterocycles. The Bertz CT molecular complexity index is 668. The van der Waals surface area contributed by atoms with E-state index in [2.05, 4.69) is 0 Å². The third-order valence-corrected chi connectivity index (χ3v) is 0. The quantitative estimate of drug-likeness (QED) is 0.203. The summed E-state index contributed by atoms with van der Waals surface area (Å²) in [5.74, 6) is -10.8. The van der Waals surface area contributed by atoms with E-state index in [1.165, 1.54) is 0 Å². The SMILES string of the molecule is CC(=O)[O-].CC(=O)[O-].CC(=O)[O-].CC(=O)[O-].CC(=O)[O-].CC(=O)[O-].CC(=O)[O-].CC(=O)[O-].CC(=O)[O-].CC(=O)[O-].[K+].[Na+].[Na+].[Na+].[O]=[U+2]=[O].[O]=[U+2]=[O].[Zn+2].[Zn+2]. The van der Waals surface area contributed by atoms with Crippen LogP contribution in [-0.2, 0) is 95.8 Å². The first-order valence-electron chi connectivity index (χ1n) is 9.90. The maximum Gasteiger partial charge on any atom is 2.00 e. The summed E-state index contributed by atoms with van der Waals surface area (Å²) in [5, 5.41) is 88.9. The van der Waals surface area contributed by atoms with Gasteiger partial charge in [0.2, 0.25) is 0 Å². The van der Waals surface area contributed by atoms with Crippen molar-refractivity contribution in [2.45, 2.75) is 69.2 Å². The minimum atomic E-state index is -2.51. The second kappa shape index (κ2) is 124. The predicted molar refractivity (Wildman–Crippen MR) is 110 cm³/mol. The zero-order chi connectivity index (χ0) is 41.2. The van der Waals surface area contributed by atoms with E-state index in [9.17, 15) is 0 Å². The summed E-state index contributed by atoms with van der Waals surface area (Å²) < 4.78 is 34.3. The largest absolute Gasteiger partial charge is 2.00 e. The zero-order valence-electron chi connectivity index (χ0n) is 31.2. The van der Waals surface area contributed by atoms with Crippen molar-refractivity contribution in [3.8, 4) is 0 Å². The van der Waals surface area contributed by atoms with Gasteiger partial charge in [-0.3, -0.25) is 0 Å². The van der Waals surface area contributed by atoms with Crippen LogP contribution in [0.4, 0.5) is 0 Å². The first-order valence-corrected chi connectivity index (χ1v) is 16.7. The molecular weight excluding hydrogens is 1340 g/mol. The molecule has 0 aromatic carbocycles. The van der Waals surface area contributed by atoms with Gasteiger partial charge < -0.3 is 99.0 Å². The van der Waals surface area contributed by atoms with E-state index in [-0.39, 0.29) is 179 Å². The van der Waals surface area contributed by atoms with Crippen LogP contribution in [0.3, 0.4) is 0 Å². The molecule has 0 aliphatic rings. The molecule has 0 fully saturated rings. The van der Waals surface area contributed by atoms with E-state index in [0.29, 0.717) is 0 Å². The van der Waals surface area contributed by atoms with E-state index < -0.39 is 115 Å². The standard InChI is InChI=1S/10C2H4O2.K.3Na.4O.2U.2Zn/c10*1-2(3)4;;;;;;;;;;;;/h10*1H3,(H,3,4);;;;;;;;;;;;/q;;;;;;;;;;4*+1;;;;;4*+2/p-10. The topological polar surface area (TPSA) is 470 Å². The smallest absolute Gasteiger partial charge is 2.00 e. The van der Waals surface area contributed by atoms with Crippen LogP contribution in [0.25, 0.3) is 0 Å². The minimum Gasteiger partial charge on any atom is 2.00 e. The van der Waals surface area contributed by atoms with Gasteiger partial charge in [0.1, 0.15) is 0 Å². The van der Waals surface area contributed by atoms with E-state index in [0.717, 1.165) is 69.2 Å². The van der Waals surface area contributed by atoms with Gasteiger partial charge in [0, 0.05) is 59.7 Å². The Kier molecular flexibility index (Phi) is 279. The monoisotopic (exact) mass is 1370 g/mol. The molecule has 24 nitrogen and oxygen atoms in total. The molecule has 0 heterocycles. The second-order valence-corrected chi connectivity index (χ2v) is 6.47. The van der Waals surface area contributed by atoms with Crippen molar-refractivity contribution in [1.29, 1.82) is 0 Å². The van der Waals surface area contributed by atoms with Crippen molar-refractivity contribution in [2.75, 3.05) is 0 Å². The van der Waals surface area contributed by atoms with Crippen LogP contribution >= 0.6 is 0 Å². The van der Waals surface area contributed by atoms with Crippen LogP contribution in [-0.4, -0.2) is 59.7 Å². The maximum atomic E-state index is 8.89. The van der Waals surface area contributed by atoms with Crippen molar-refractivity contribution >= 4 is 59.7 Å². The summed E-state index contributed by atoms with van der Waals surface area (Å²) in [6.07, 6.45) is 0. The fourth-order valence-electron chi connectivity index (χ4n) is 0. The van der Waals surface area contributed by atoms with Gasteiger partial charge in [0.15, 0.2) is 0 Å². The van der Waals surface area contributed by atoms with Crippen molar-refractivity contribution in [3.63, 3.8) is 0 Å². The van der Waals surface area contributed by atoms with E-state index in [4.69, 9.17) is 108 Å². The summed E-state index contributed by atoms with van der Waals surface area (Å²) in [6.45, 7) is 9.72. The number of carboxylic acids is 10. The normalized spacial score (nSPS) is 5.12. The minimum absolute atomic E-state index is 0. The van der Waals surface area contributed by atoms with Crippen LogP contribution in [0, 0.1) is 55.6 Å². The Morgan fingerprint density at radius 1 is 0.269 bits per heavy atom. The van der Waals surface area contributed by atoms with Gasteiger partial charge in [-0.25, -0.2) is 0 Å². The summed E-state index contributed by atoms with van der Waals surface area (Å²) >= 11 is -5.01. The van der Waals surface area contributed by atoms with Crippen LogP contribution in [0.1, 0.15) is 69.2 Å². The summed E-state index contributed by atoms with van der Waals surface area (Å²) in [4.78, 5) is 88.9. The molecule has 0 bridgehead atoms. The number of carboxylic acid groups (broad SMARTS) is 10. The third-order valence-electron chi connectivity index (χ3n) is 0. The molecule has 0 aliphatic heterocycles. The molecule has 0 amide bonds. The predicted octanol–water partition coefficient (Wildman–Crippen LogP) is -24.9. The summed E-state index contributed by atoms with van der Waals surface area (Å²) in [5.41, 5.74) is 0. The van der Waals surface area contributed by atoms with Crippen LogP contribution in [0.15, 0.2) is 0 Å². The molecule has 0 saturated carbocycles. The average molecular weight is 1370 g/mol. The molecular formula is C20H30KNa3O24U2Zn2+2.